The fourth-order valence-electron chi connectivity index (χ4n) is 3.11. The van der Waals surface area contributed by atoms with E-state index >= 15 is 0 Å². The second-order valence-electron chi connectivity index (χ2n) is 5.35. The maximum atomic E-state index is 5.39. The summed E-state index contributed by atoms with van der Waals surface area (Å²) in [5.41, 5.74) is 4.20. The van der Waals surface area contributed by atoms with Crippen molar-refractivity contribution in [1.82, 2.24) is 0 Å². The Morgan fingerprint density at radius 1 is 1.15 bits per heavy atom. The monoisotopic (exact) mass is 267 g/mol. The zero-order valence-electron chi connectivity index (χ0n) is 12.2. The third kappa shape index (κ3) is 2.38. The standard InChI is InChI=1S/C18H21NO/c1-3-19-13-15(11-14-7-5-4-6-8-14)17-12-16(20-2)9-10-18(17)19/h4-10,12,15H,3,11,13H2,1-2H3. The summed E-state index contributed by atoms with van der Waals surface area (Å²) in [7, 11) is 1.74. The van der Waals surface area contributed by atoms with Crippen molar-refractivity contribution in [3.8, 4) is 5.75 Å². The summed E-state index contributed by atoms with van der Waals surface area (Å²) in [5, 5.41) is 0. The maximum Gasteiger partial charge on any atom is 0.119 e. The second-order valence-corrected chi connectivity index (χ2v) is 5.35. The number of likely N-dealkylation sites (N-methyl/N-ethyl adjacent to an activating group) is 1. The number of fused-ring (bicyclic) bond motifs is 1. The second kappa shape index (κ2) is 5.58. The summed E-state index contributed by atoms with van der Waals surface area (Å²) in [6, 6.07) is 17.2. The van der Waals surface area contributed by atoms with Crippen LogP contribution in [0.1, 0.15) is 24.0 Å². The Kier molecular flexibility index (Phi) is 3.64. The lowest BCUT2D eigenvalue weighted by Crippen LogP contribution is -2.21. The summed E-state index contributed by atoms with van der Waals surface area (Å²) < 4.78 is 5.39. The molecule has 0 aliphatic carbocycles. The number of benzene rings is 2. The van der Waals surface area contributed by atoms with Gasteiger partial charge in [0.15, 0.2) is 0 Å². The molecule has 1 heterocycles. The van der Waals surface area contributed by atoms with Gasteiger partial charge in [-0.25, -0.2) is 0 Å². The van der Waals surface area contributed by atoms with E-state index in [2.05, 4.69) is 60.4 Å². The van der Waals surface area contributed by atoms with Crippen LogP contribution in [0.2, 0.25) is 0 Å². The van der Waals surface area contributed by atoms with E-state index in [1.165, 1.54) is 16.8 Å². The van der Waals surface area contributed by atoms with E-state index in [0.29, 0.717) is 5.92 Å². The first-order valence-electron chi connectivity index (χ1n) is 7.28. The highest BCUT2D eigenvalue weighted by atomic mass is 16.5. The van der Waals surface area contributed by atoms with Crippen LogP contribution in [0, 0.1) is 0 Å². The molecule has 2 aromatic rings. The first kappa shape index (κ1) is 13.0. The van der Waals surface area contributed by atoms with Gasteiger partial charge in [-0.05, 0) is 42.7 Å². The van der Waals surface area contributed by atoms with Crippen LogP contribution in [0.4, 0.5) is 5.69 Å². The highest BCUT2D eigenvalue weighted by molar-refractivity contribution is 5.62. The van der Waals surface area contributed by atoms with Crippen molar-refractivity contribution in [2.45, 2.75) is 19.3 Å². The molecule has 0 amide bonds. The van der Waals surface area contributed by atoms with Crippen LogP contribution in [-0.4, -0.2) is 20.2 Å². The number of hydrogen-bond acceptors (Lipinski definition) is 2. The van der Waals surface area contributed by atoms with Gasteiger partial charge in [0.2, 0.25) is 0 Å². The Hall–Kier alpha value is -1.96. The average Bonchev–Trinajstić information content (AvgIpc) is 2.85. The number of nitrogens with zero attached hydrogens (tertiary/aromatic N) is 1. The Bertz CT molecular complexity index is 579. The molecule has 0 fully saturated rings. The van der Waals surface area contributed by atoms with Crippen LogP contribution < -0.4 is 9.64 Å². The van der Waals surface area contributed by atoms with Gasteiger partial charge in [-0.2, -0.15) is 0 Å². The van der Waals surface area contributed by atoms with Crippen LogP contribution in [0.3, 0.4) is 0 Å². The van der Waals surface area contributed by atoms with Crippen molar-refractivity contribution in [2.75, 3.05) is 25.1 Å². The van der Waals surface area contributed by atoms with Gasteiger partial charge in [0.25, 0.3) is 0 Å². The molecule has 1 aliphatic heterocycles. The molecule has 0 bridgehead atoms. The molecular formula is C18H21NO. The summed E-state index contributed by atoms with van der Waals surface area (Å²) in [5.74, 6) is 1.52. The zero-order valence-corrected chi connectivity index (χ0v) is 12.2. The molecule has 2 nitrogen and oxygen atoms in total. The number of ether oxygens (including phenoxy) is 1. The molecule has 2 heteroatoms. The molecule has 1 unspecified atom stereocenters. The van der Waals surface area contributed by atoms with Crippen LogP contribution in [0.5, 0.6) is 5.75 Å². The Balaban J connectivity index is 1.91. The van der Waals surface area contributed by atoms with Gasteiger partial charge < -0.3 is 9.64 Å². The molecule has 0 spiro atoms. The van der Waals surface area contributed by atoms with Gasteiger partial charge in [-0.1, -0.05) is 30.3 Å². The van der Waals surface area contributed by atoms with Crippen LogP contribution in [0.15, 0.2) is 48.5 Å². The lowest BCUT2D eigenvalue weighted by molar-refractivity contribution is 0.414. The van der Waals surface area contributed by atoms with Crippen molar-refractivity contribution in [3.63, 3.8) is 0 Å². The van der Waals surface area contributed by atoms with Gasteiger partial charge in [0, 0.05) is 24.7 Å². The van der Waals surface area contributed by atoms with E-state index in [1.807, 2.05) is 0 Å². The van der Waals surface area contributed by atoms with Crippen LogP contribution in [-0.2, 0) is 6.42 Å². The summed E-state index contributed by atoms with van der Waals surface area (Å²) in [4.78, 5) is 2.46. The topological polar surface area (TPSA) is 12.5 Å². The highest BCUT2D eigenvalue weighted by Crippen LogP contribution is 2.39. The minimum atomic E-state index is 0.558. The quantitative estimate of drug-likeness (QED) is 0.834. The molecule has 3 rings (SSSR count). The first-order chi connectivity index (χ1) is 9.81. The van der Waals surface area contributed by atoms with Gasteiger partial charge in [0.1, 0.15) is 5.75 Å². The summed E-state index contributed by atoms with van der Waals surface area (Å²) in [6.45, 7) is 4.39. The molecule has 1 aliphatic rings. The van der Waals surface area contributed by atoms with Crippen LogP contribution in [0.25, 0.3) is 0 Å². The minimum absolute atomic E-state index is 0.558. The van der Waals surface area contributed by atoms with E-state index in [4.69, 9.17) is 4.74 Å². The molecule has 20 heavy (non-hydrogen) atoms. The van der Waals surface area contributed by atoms with Crippen LogP contribution >= 0.6 is 0 Å². The predicted molar refractivity (Wildman–Crippen MR) is 83.8 cm³/mol. The summed E-state index contributed by atoms with van der Waals surface area (Å²) in [6.07, 6.45) is 1.09. The van der Waals surface area contributed by atoms with Crippen molar-refractivity contribution >= 4 is 5.69 Å². The predicted octanol–water partition coefficient (Wildman–Crippen LogP) is 3.86. The number of anilines is 1. The molecule has 0 saturated heterocycles. The fourth-order valence-corrected chi connectivity index (χ4v) is 3.11. The molecule has 2 aromatic carbocycles. The number of methoxy groups -OCH3 is 1. The Morgan fingerprint density at radius 2 is 1.95 bits per heavy atom. The van der Waals surface area contributed by atoms with E-state index in [9.17, 15) is 0 Å². The zero-order chi connectivity index (χ0) is 13.9. The SMILES string of the molecule is CCN1CC(Cc2ccccc2)c2cc(OC)ccc21. The van der Waals surface area contributed by atoms with Crippen molar-refractivity contribution < 1.29 is 4.74 Å². The molecule has 0 aromatic heterocycles. The highest BCUT2D eigenvalue weighted by Gasteiger charge is 2.28. The van der Waals surface area contributed by atoms with Crippen molar-refractivity contribution in [2.24, 2.45) is 0 Å². The lowest BCUT2D eigenvalue weighted by Gasteiger charge is -2.17. The first-order valence-corrected chi connectivity index (χ1v) is 7.28. The molecule has 1 atom stereocenters. The average molecular weight is 267 g/mol. The smallest absolute Gasteiger partial charge is 0.119 e. The van der Waals surface area contributed by atoms with Crippen molar-refractivity contribution in [3.05, 3.63) is 59.7 Å². The largest absolute Gasteiger partial charge is 0.497 e. The van der Waals surface area contributed by atoms with Gasteiger partial charge in [0.05, 0.1) is 7.11 Å². The normalized spacial score (nSPS) is 17.1. The fraction of sp³-hybridized carbons (Fsp3) is 0.333. The van der Waals surface area contributed by atoms with Gasteiger partial charge >= 0.3 is 0 Å². The maximum absolute atomic E-state index is 5.39. The third-order valence-corrected chi connectivity index (χ3v) is 4.16. The molecule has 104 valence electrons. The molecule has 0 saturated carbocycles. The summed E-state index contributed by atoms with van der Waals surface area (Å²) >= 11 is 0. The Morgan fingerprint density at radius 3 is 2.65 bits per heavy atom. The third-order valence-electron chi connectivity index (χ3n) is 4.16. The minimum Gasteiger partial charge on any atom is -0.497 e. The number of hydrogen-bond donors (Lipinski definition) is 0. The molecular weight excluding hydrogens is 246 g/mol. The Labute approximate surface area is 121 Å². The number of rotatable bonds is 4. The lowest BCUT2D eigenvalue weighted by atomic mass is 9.94. The van der Waals surface area contributed by atoms with E-state index in [1.54, 1.807) is 7.11 Å². The molecule has 0 N–H and O–H groups in total. The van der Waals surface area contributed by atoms with E-state index in [-0.39, 0.29) is 0 Å². The van der Waals surface area contributed by atoms with E-state index in [0.717, 1.165) is 25.3 Å². The molecule has 0 radical (unpaired) electrons. The van der Waals surface area contributed by atoms with E-state index < -0.39 is 0 Å². The van der Waals surface area contributed by atoms with Gasteiger partial charge in [-0.15, -0.1) is 0 Å². The van der Waals surface area contributed by atoms with Gasteiger partial charge in [-0.3, -0.25) is 0 Å². The van der Waals surface area contributed by atoms with Crippen molar-refractivity contribution in [1.29, 1.82) is 0 Å².